The Morgan fingerprint density at radius 1 is 1.39 bits per heavy atom. The zero-order chi connectivity index (χ0) is 17.1. The number of carbonyl (C=O) groups excluding carboxylic acids is 2. The third-order valence-electron chi connectivity index (χ3n) is 3.39. The zero-order valence-corrected chi connectivity index (χ0v) is 12.9. The van der Waals surface area contributed by atoms with Crippen LogP contribution >= 0.6 is 0 Å². The van der Waals surface area contributed by atoms with E-state index in [9.17, 15) is 14.0 Å². The summed E-state index contributed by atoms with van der Waals surface area (Å²) in [6.45, 7) is 9.91. The molecular formula is C17H16FN3O2. The standard InChI is InChI=1S/C17H16FN3O2/c1-5-14(10(2)11(3)18)13-6-7-16-20-17(19-12(4)23)15(9-22)21(16)8-13/h5-9H,1,3H2,2,4H3,(H,19,23)/b14-10+. The van der Waals surface area contributed by atoms with Gasteiger partial charge in [-0.25, -0.2) is 9.37 Å². The highest BCUT2D eigenvalue weighted by Crippen LogP contribution is 2.26. The van der Waals surface area contributed by atoms with Crippen LogP contribution < -0.4 is 5.32 Å². The molecule has 0 radical (unpaired) electrons. The number of imidazole rings is 1. The van der Waals surface area contributed by atoms with Crippen LogP contribution in [0.3, 0.4) is 0 Å². The van der Waals surface area contributed by atoms with Gasteiger partial charge in [-0.2, -0.15) is 0 Å². The van der Waals surface area contributed by atoms with Crippen LogP contribution in [0.2, 0.25) is 0 Å². The molecule has 0 saturated heterocycles. The van der Waals surface area contributed by atoms with Crippen molar-refractivity contribution in [3.63, 3.8) is 0 Å². The maximum Gasteiger partial charge on any atom is 0.222 e. The Hall–Kier alpha value is -3.02. The highest BCUT2D eigenvalue weighted by Gasteiger charge is 2.14. The van der Waals surface area contributed by atoms with Gasteiger partial charge in [0.15, 0.2) is 12.1 Å². The fourth-order valence-electron chi connectivity index (χ4n) is 2.23. The largest absolute Gasteiger partial charge is 0.309 e. The van der Waals surface area contributed by atoms with E-state index in [0.717, 1.165) is 0 Å². The summed E-state index contributed by atoms with van der Waals surface area (Å²) in [5.41, 5.74) is 2.26. The molecule has 0 saturated carbocycles. The summed E-state index contributed by atoms with van der Waals surface area (Å²) in [6.07, 6.45) is 3.77. The number of amides is 1. The summed E-state index contributed by atoms with van der Waals surface area (Å²) >= 11 is 0. The third kappa shape index (κ3) is 3.11. The Bertz CT molecular complexity index is 862. The number of hydrogen-bond donors (Lipinski definition) is 1. The maximum atomic E-state index is 13.4. The maximum absolute atomic E-state index is 13.4. The highest BCUT2D eigenvalue weighted by atomic mass is 19.1. The van der Waals surface area contributed by atoms with Gasteiger partial charge in [0.1, 0.15) is 17.2 Å². The van der Waals surface area contributed by atoms with Crippen molar-refractivity contribution in [2.45, 2.75) is 13.8 Å². The molecule has 6 heteroatoms. The first-order valence-electron chi connectivity index (χ1n) is 6.82. The van der Waals surface area contributed by atoms with Crippen molar-refractivity contribution in [1.82, 2.24) is 9.38 Å². The Kier molecular flexibility index (Phi) is 4.55. The normalized spacial score (nSPS) is 11.8. The molecule has 0 aliphatic rings. The molecular weight excluding hydrogens is 297 g/mol. The number of allylic oxidation sites excluding steroid dienone is 4. The quantitative estimate of drug-likeness (QED) is 0.678. The smallest absolute Gasteiger partial charge is 0.222 e. The molecule has 0 aliphatic carbocycles. The number of aldehydes is 1. The molecule has 0 aliphatic heterocycles. The molecule has 2 aromatic rings. The molecule has 23 heavy (non-hydrogen) atoms. The number of aromatic nitrogens is 2. The van der Waals surface area contributed by atoms with Gasteiger partial charge in [-0.15, -0.1) is 0 Å². The summed E-state index contributed by atoms with van der Waals surface area (Å²) in [6, 6.07) is 3.41. The molecule has 0 aromatic carbocycles. The van der Waals surface area contributed by atoms with Crippen LogP contribution in [0.4, 0.5) is 10.2 Å². The minimum absolute atomic E-state index is 0.181. The molecule has 2 rings (SSSR count). The second-order valence-electron chi connectivity index (χ2n) is 4.94. The average Bonchev–Trinajstić information content (AvgIpc) is 2.83. The van der Waals surface area contributed by atoms with E-state index in [1.165, 1.54) is 17.4 Å². The lowest BCUT2D eigenvalue weighted by Crippen LogP contribution is -2.08. The summed E-state index contributed by atoms with van der Waals surface area (Å²) in [5, 5.41) is 2.51. The van der Waals surface area contributed by atoms with Crippen LogP contribution in [0, 0.1) is 0 Å². The molecule has 5 nitrogen and oxygen atoms in total. The van der Waals surface area contributed by atoms with E-state index < -0.39 is 5.83 Å². The van der Waals surface area contributed by atoms with E-state index in [-0.39, 0.29) is 17.4 Å². The molecule has 0 spiro atoms. The second kappa shape index (κ2) is 6.39. The first-order valence-corrected chi connectivity index (χ1v) is 6.82. The van der Waals surface area contributed by atoms with Crippen LogP contribution in [0.25, 0.3) is 11.2 Å². The molecule has 2 aromatic heterocycles. The molecule has 0 atom stereocenters. The third-order valence-corrected chi connectivity index (χ3v) is 3.39. The van der Waals surface area contributed by atoms with E-state index in [0.29, 0.717) is 28.6 Å². The van der Waals surface area contributed by atoms with Gasteiger partial charge in [-0.1, -0.05) is 19.2 Å². The Balaban J connectivity index is 2.69. The fraction of sp³-hybridized carbons (Fsp3) is 0.118. The van der Waals surface area contributed by atoms with Gasteiger partial charge in [0.2, 0.25) is 5.91 Å². The number of pyridine rings is 1. The second-order valence-corrected chi connectivity index (χ2v) is 4.94. The van der Waals surface area contributed by atoms with Crippen molar-refractivity contribution in [2.24, 2.45) is 0 Å². The number of hydrogen-bond acceptors (Lipinski definition) is 3. The Labute approximate surface area is 132 Å². The fourth-order valence-corrected chi connectivity index (χ4v) is 2.23. The molecule has 2 heterocycles. The molecule has 0 bridgehead atoms. The van der Waals surface area contributed by atoms with Crippen LogP contribution in [0.5, 0.6) is 0 Å². The van der Waals surface area contributed by atoms with Crippen molar-refractivity contribution in [2.75, 3.05) is 5.32 Å². The lowest BCUT2D eigenvalue weighted by atomic mass is 10.0. The van der Waals surface area contributed by atoms with E-state index in [1.807, 2.05) is 0 Å². The first kappa shape index (κ1) is 16.4. The minimum atomic E-state index is -0.555. The minimum Gasteiger partial charge on any atom is -0.309 e. The number of anilines is 1. The van der Waals surface area contributed by atoms with E-state index in [2.05, 4.69) is 23.5 Å². The van der Waals surface area contributed by atoms with Gasteiger partial charge in [-0.3, -0.25) is 14.0 Å². The Morgan fingerprint density at radius 2 is 2.09 bits per heavy atom. The molecule has 1 N–H and O–H groups in total. The molecule has 0 unspecified atom stereocenters. The van der Waals surface area contributed by atoms with Gasteiger partial charge in [0, 0.05) is 13.1 Å². The number of carbonyl (C=O) groups is 2. The van der Waals surface area contributed by atoms with Gasteiger partial charge >= 0.3 is 0 Å². The summed E-state index contributed by atoms with van der Waals surface area (Å²) in [7, 11) is 0. The number of fused-ring (bicyclic) bond motifs is 1. The number of rotatable bonds is 5. The SMILES string of the molecule is C=C/C(=C(/C)C(=C)F)c1ccc2nc(NC(C)=O)c(C=O)n2c1. The van der Waals surface area contributed by atoms with Crippen molar-refractivity contribution in [1.29, 1.82) is 0 Å². The van der Waals surface area contributed by atoms with Crippen molar-refractivity contribution in [3.05, 3.63) is 60.2 Å². The summed E-state index contributed by atoms with van der Waals surface area (Å²) in [5.74, 6) is -0.700. The topological polar surface area (TPSA) is 63.5 Å². The van der Waals surface area contributed by atoms with E-state index in [1.54, 1.807) is 25.3 Å². The summed E-state index contributed by atoms with van der Waals surface area (Å²) in [4.78, 5) is 26.7. The van der Waals surface area contributed by atoms with Crippen molar-refractivity contribution < 1.29 is 14.0 Å². The molecule has 118 valence electrons. The average molecular weight is 313 g/mol. The molecule has 1 amide bonds. The monoisotopic (exact) mass is 313 g/mol. The Morgan fingerprint density at radius 3 is 2.61 bits per heavy atom. The van der Waals surface area contributed by atoms with Gasteiger partial charge in [0.05, 0.1) is 0 Å². The lowest BCUT2D eigenvalue weighted by Gasteiger charge is -2.08. The highest BCUT2D eigenvalue weighted by molar-refractivity contribution is 5.94. The van der Waals surface area contributed by atoms with E-state index >= 15 is 0 Å². The molecule has 0 fully saturated rings. The van der Waals surface area contributed by atoms with Crippen LogP contribution in [-0.4, -0.2) is 21.6 Å². The first-order chi connectivity index (χ1) is 10.9. The van der Waals surface area contributed by atoms with Gasteiger partial charge < -0.3 is 5.32 Å². The predicted octanol–water partition coefficient (Wildman–Crippen LogP) is 3.55. The van der Waals surface area contributed by atoms with Crippen molar-refractivity contribution >= 4 is 29.2 Å². The number of nitrogens with one attached hydrogen (secondary N) is 1. The predicted molar refractivity (Wildman–Crippen MR) is 87.9 cm³/mol. The lowest BCUT2D eigenvalue weighted by molar-refractivity contribution is -0.114. The van der Waals surface area contributed by atoms with Crippen molar-refractivity contribution in [3.8, 4) is 0 Å². The van der Waals surface area contributed by atoms with Gasteiger partial charge in [0.25, 0.3) is 0 Å². The number of halogens is 1. The van der Waals surface area contributed by atoms with Crippen LogP contribution in [-0.2, 0) is 4.79 Å². The summed E-state index contributed by atoms with van der Waals surface area (Å²) < 4.78 is 14.9. The van der Waals surface area contributed by atoms with Gasteiger partial charge in [-0.05, 0) is 35.8 Å². The number of nitrogens with zero attached hydrogens (tertiary/aromatic N) is 2. The van der Waals surface area contributed by atoms with E-state index in [4.69, 9.17) is 0 Å². The van der Waals surface area contributed by atoms with Crippen LogP contribution in [0.15, 0.2) is 49.0 Å². The van der Waals surface area contributed by atoms with Crippen LogP contribution in [0.1, 0.15) is 29.9 Å². The zero-order valence-electron chi connectivity index (χ0n) is 12.9.